The number of fused-ring (bicyclic) bond motifs is 1. The van der Waals surface area contributed by atoms with E-state index in [4.69, 9.17) is 4.74 Å². The average molecular weight is 257 g/mol. The van der Waals surface area contributed by atoms with Crippen LogP contribution < -0.4 is 4.74 Å². The molecule has 0 fully saturated rings. The van der Waals surface area contributed by atoms with Crippen molar-refractivity contribution >= 4 is 23.2 Å². The number of carbonyl (C=O) groups is 2. The first-order valence-electron chi connectivity index (χ1n) is 5.97. The number of ether oxygens (including phenoxy) is 1. The largest absolute Gasteiger partial charge is 0.426 e. The topological polar surface area (TPSA) is 56.3 Å². The molecular weight excluding hydrogens is 242 g/mol. The SMILES string of the molecule is CC(C)(C)C(=O)Oc1ccc2cc(C=O)cnc2c1. The Kier molecular flexibility index (Phi) is 3.34. The minimum Gasteiger partial charge on any atom is -0.426 e. The number of carbonyl (C=O) groups excluding carboxylic acids is 2. The van der Waals surface area contributed by atoms with Crippen LogP contribution in [-0.2, 0) is 4.79 Å². The predicted octanol–water partition coefficient (Wildman–Crippen LogP) is 3.00. The summed E-state index contributed by atoms with van der Waals surface area (Å²) in [6.07, 6.45) is 2.24. The second kappa shape index (κ2) is 4.80. The number of benzene rings is 1. The number of esters is 1. The summed E-state index contributed by atoms with van der Waals surface area (Å²) in [5, 5.41) is 0.833. The Balaban J connectivity index is 2.32. The van der Waals surface area contributed by atoms with Crippen LogP contribution in [0, 0.1) is 5.41 Å². The van der Waals surface area contributed by atoms with Gasteiger partial charge in [-0.05, 0) is 39.0 Å². The van der Waals surface area contributed by atoms with Crippen LogP contribution >= 0.6 is 0 Å². The number of hydrogen-bond acceptors (Lipinski definition) is 4. The number of hydrogen-bond donors (Lipinski definition) is 0. The monoisotopic (exact) mass is 257 g/mol. The van der Waals surface area contributed by atoms with Crippen molar-refractivity contribution in [3.05, 3.63) is 36.0 Å². The molecule has 0 spiro atoms. The van der Waals surface area contributed by atoms with Gasteiger partial charge in [-0.15, -0.1) is 0 Å². The Morgan fingerprint density at radius 3 is 2.63 bits per heavy atom. The molecule has 0 N–H and O–H groups in total. The van der Waals surface area contributed by atoms with Crippen LogP contribution in [0.25, 0.3) is 10.9 Å². The van der Waals surface area contributed by atoms with Gasteiger partial charge in [0, 0.05) is 23.2 Å². The van der Waals surface area contributed by atoms with E-state index in [1.165, 1.54) is 6.20 Å². The molecule has 0 aliphatic carbocycles. The van der Waals surface area contributed by atoms with Gasteiger partial charge < -0.3 is 4.74 Å². The number of aromatic nitrogens is 1. The van der Waals surface area contributed by atoms with Crippen molar-refractivity contribution in [3.63, 3.8) is 0 Å². The van der Waals surface area contributed by atoms with E-state index in [1.807, 2.05) is 0 Å². The molecule has 2 aromatic rings. The van der Waals surface area contributed by atoms with Gasteiger partial charge in [0.15, 0.2) is 6.29 Å². The lowest BCUT2D eigenvalue weighted by molar-refractivity contribution is -0.142. The molecule has 0 bridgehead atoms. The highest BCUT2D eigenvalue weighted by Crippen LogP contribution is 2.23. The molecule has 4 heteroatoms. The summed E-state index contributed by atoms with van der Waals surface area (Å²) < 4.78 is 5.30. The van der Waals surface area contributed by atoms with Crippen molar-refractivity contribution in [1.29, 1.82) is 0 Å². The van der Waals surface area contributed by atoms with E-state index in [0.29, 0.717) is 16.8 Å². The van der Waals surface area contributed by atoms with E-state index in [2.05, 4.69) is 4.98 Å². The third kappa shape index (κ3) is 2.96. The number of rotatable bonds is 2. The minimum absolute atomic E-state index is 0.295. The number of nitrogens with zero attached hydrogens (tertiary/aromatic N) is 1. The average Bonchev–Trinajstić information content (AvgIpc) is 2.37. The highest BCUT2D eigenvalue weighted by atomic mass is 16.5. The fraction of sp³-hybridized carbons (Fsp3) is 0.267. The van der Waals surface area contributed by atoms with E-state index in [-0.39, 0.29) is 5.97 Å². The van der Waals surface area contributed by atoms with Gasteiger partial charge in [-0.3, -0.25) is 14.6 Å². The molecule has 0 saturated carbocycles. The van der Waals surface area contributed by atoms with Gasteiger partial charge in [0.05, 0.1) is 10.9 Å². The molecule has 2 rings (SSSR count). The molecule has 0 unspecified atom stereocenters. The van der Waals surface area contributed by atoms with Gasteiger partial charge in [0.1, 0.15) is 5.75 Å². The van der Waals surface area contributed by atoms with Crippen molar-refractivity contribution in [2.45, 2.75) is 20.8 Å². The first-order valence-corrected chi connectivity index (χ1v) is 5.97. The molecule has 0 amide bonds. The van der Waals surface area contributed by atoms with E-state index in [1.54, 1.807) is 45.0 Å². The molecule has 0 atom stereocenters. The molecule has 19 heavy (non-hydrogen) atoms. The Hall–Kier alpha value is -2.23. The maximum absolute atomic E-state index is 11.8. The smallest absolute Gasteiger partial charge is 0.316 e. The Bertz CT molecular complexity index is 641. The van der Waals surface area contributed by atoms with Crippen molar-refractivity contribution in [2.24, 2.45) is 5.41 Å². The number of pyridine rings is 1. The highest BCUT2D eigenvalue weighted by Gasteiger charge is 2.23. The zero-order chi connectivity index (χ0) is 14.0. The van der Waals surface area contributed by atoms with Crippen LogP contribution in [-0.4, -0.2) is 17.2 Å². The summed E-state index contributed by atoms with van der Waals surface area (Å²) in [4.78, 5) is 26.6. The summed E-state index contributed by atoms with van der Waals surface area (Å²) in [5.41, 5.74) is 0.653. The summed E-state index contributed by atoms with van der Waals surface area (Å²) >= 11 is 0. The zero-order valence-electron chi connectivity index (χ0n) is 11.1. The summed E-state index contributed by atoms with van der Waals surface area (Å²) in [5.74, 6) is 0.162. The summed E-state index contributed by atoms with van der Waals surface area (Å²) in [6, 6.07) is 6.90. The molecule has 1 aromatic heterocycles. The van der Waals surface area contributed by atoms with Gasteiger partial charge in [-0.2, -0.15) is 0 Å². The molecule has 1 aromatic carbocycles. The normalized spacial score (nSPS) is 11.3. The minimum atomic E-state index is -0.552. The second-order valence-corrected chi connectivity index (χ2v) is 5.38. The summed E-state index contributed by atoms with van der Waals surface area (Å²) in [7, 11) is 0. The van der Waals surface area contributed by atoms with E-state index < -0.39 is 5.41 Å². The van der Waals surface area contributed by atoms with Gasteiger partial charge >= 0.3 is 5.97 Å². The number of aldehydes is 1. The van der Waals surface area contributed by atoms with Gasteiger partial charge in [0.2, 0.25) is 0 Å². The van der Waals surface area contributed by atoms with Crippen LogP contribution in [0.4, 0.5) is 0 Å². The molecule has 0 saturated heterocycles. The van der Waals surface area contributed by atoms with Crippen molar-refractivity contribution in [2.75, 3.05) is 0 Å². The maximum Gasteiger partial charge on any atom is 0.316 e. The third-order valence-corrected chi connectivity index (χ3v) is 2.64. The van der Waals surface area contributed by atoms with Gasteiger partial charge in [-0.25, -0.2) is 0 Å². The lowest BCUT2D eigenvalue weighted by atomic mass is 9.97. The van der Waals surface area contributed by atoms with Crippen molar-refractivity contribution in [1.82, 2.24) is 4.98 Å². The van der Waals surface area contributed by atoms with Crippen LogP contribution in [0.3, 0.4) is 0 Å². The highest BCUT2D eigenvalue weighted by molar-refractivity contribution is 5.87. The molecule has 0 aliphatic heterocycles. The lowest BCUT2D eigenvalue weighted by Crippen LogP contribution is -2.25. The summed E-state index contributed by atoms with van der Waals surface area (Å²) in [6.45, 7) is 5.39. The zero-order valence-corrected chi connectivity index (χ0v) is 11.1. The quantitative estimate of drug-likeness (QED) is 0.471. The Labute approximate surface area is 111 Å². The lowest BCUT2D eigenvalue weighted by Gasteiger charge is -2.16. The van der Waals surface area contributed by atoms with Crippen molar-refractivity contribution < 1.29 is 14.3 Å². The molecule has 98 valence electrons. The first kappa shape index (κ1) is 13.2. The van der Waals surface area contributed by atoms with Crippen molar-refractivity contribution in [3.8, 4) is 5.75 Å². The molecule has 0 radical (unpaired) electrons. The van der Waals surface area contributed by atoms with Crippen LogP contribution in [0.15, 0.2) is 30.5 Å². The predicted molar refractivity (Wildman–Crippen MR) is 72.2 cm³/mol. The molecule has 1 heterocycles. The fourth-order valence-corrected chi connectivity index (χ4v) is 1.51. The molecule has 4 nitrogen and oxygen atoms in total. The second-order valence-electron chi connectivity index (χ2n) is 5.38. The van der Waals surface area contributed by atoms with Crippen LogP contribution in [0.1, 0.15) is 31.1 Å². The van der Waals surface area contributed by atoms with E-state index in [9.17, 15) is 9.59 Å². The van der Waals surface area contributed by atoms with E-state index in [0.717, 1.165) is 11.7 Å². The Morgan fingerprint density at radius 2 is 2.00 bits per heavy atom. The third-order valence-electron chi connectivity index (χ3n) is 2.64. The maximum atomic E-state index is 11.8. The van der Waals surface area contributed by atoms with Gasteiger partial charge in [-0.1, -0.05) is 0 Å². The fourth-order valence-electron chi connectivity index (χ4n) is 1.51. The van der Waals surface area contributed by atoms with Crippen LogP contribution in [0.2, 0.25) is 0 Å². The van der Waals surface area contributed by atoms with E-state index >= 15 is 0 Å². The van der Waals surface area contributed by atoms with Gasteiger partial charge in [0.25, 0.3) is 0 Å². The standard InChI is InChI=1S/C15H15NO3/c1-15(2,3)14(18)19-12-5-4-11-6-10(9-17)8-16-13(11)7-12/h4-9H,1-3H3. The van der Waals surface area contributed by atoms with Crippen LogP contribution in [0.5, 0.6) is 5.75 Å². The molecule has 0 aliphatic rings. The molecular formula is C15H15NO3. The first-order chi connectivity index (χ1) is 8.90. The Morgan fingerprint density at radius 1 is 1.26 bits per heavy atom.